The molecule has 0 aromatic heterocycles. The summed E-state index contributed by atoms with van der Waals surface area (Å²) < 4.78 is 37.8. The second kappa shape index (κ2) is 10.3. The molecular weight excluding hydrogens is 377 g/mol. The van der Waals surface area contributed by atoms with Crippen molar-refractivity contribution in [1.82, 2.24) is 10.6 Å². The van der Waals surface area contributed by atoms with Gasteiger partial charge in [-0.05, 0) is 48.7 Å². The van der Waals surface area contributed by atoms with Crippen LogP contribution in [0.2, 0.25) is 0 Å². The van der Waals surface area contributed by atoms with Crippen molar-refractivity contribution >= 4 is 18.3 Å². The molecular formula is C20H24ClF3N2O. The van der Waals surface area contributed by atoms with E-state index in [-0.39, 0.29) is 24.4 Å². The fourth-order valence-corrected chi connectivity index (χ4v) is 2.69. The van der Waals surface area contributed by atoms with Crippen molar-refractivity contribution in [3.63, 3.8) is 0 Å². The maximum absolute atomic E-state index is 12.6. The molecule has 2 aromatic rings. The third-order valence-electron chi connectivity index (χ3n) is 4.29. The van der Waals surface area contributed by atoms with Crippen molar-refractivity contribution in [1.29, 1.82) is 0 Å². The highest BCUT2D eigenvalue weighted by molar-refractivity contribution is 5.85. The molecule has 2 N–H and O–H groups in total. The second-order valence-corrected chi connectivity index (χ2v) is 6.06. The molecule has 148 valence electrons. The Labute approximate surface area is 163 Å². The summed E-state index contributed by atoms with van der Waals surface area (Å²) in [6, 6.07) is 12.5. The van der Waals surface area contributed by atoms with E-state index in [1.54, 1.807) is 7.05 Å². The van der Waals surface area contributed by atoms with Gasteiger partial charge < -0.3 is 10.6 Å². The van der Waals surface area contributed by atoms with E-state index >= 15 is 0 Å². The average Bonchev–Trinajstić information content (AvgIpc) is 2.63. The number of hydrogen-bond donors (Lipinski definition) is 2. The van der Waals surface area contributed by atoms with E-state index in [2.05, 4.69) is 10.6 Å². The van der Waals surface area contributed by atoms with E-state index < -0.39 is 11.7 Å². The number of carbonyl (C=O) groups is 1. The maximum Gasteiger partial charge on any atom is 0.416 e. The summed E-state index contributed by atoms with van der Waals surface area (Å²) in [5.74, 6) is -0.0172. The molecule has 0 saturated heterocycles. The van der Waals surface area contributed by atoms with Crippen LogP contribution in [0.3, 0.4) is 0 Å². The van der Waals surface area contributed by atoms with Crippen LogP contribution >= 0.6 is 12.4 Å². The minimum absolute atomic E-state index is 0. The molecule has 1 unspecified atom stereocenters. The molecule has 3 nitrogen and oxygen atoms in total. The van der Waals surface area contributed by atoms with Crippen molar-refractivity contribution in [2.75, 3.05) is 13.6 Å². The predicted molar refractivity (Wildman–Crippen MR) is 104 cm³/mol. The normalized spacial score (nSPS) is 12.2. The van der Waals surface area contributed by atoms with Gasteiger partial charge in [0.05, 0.1) is 11.6 Å². The predicted octanol–water partition coefficient (Wildman–Crippen LogP) is 4.45. The highest BCUT2D eigenvalue weighted by Gasteiger charge is 2.29. The van der Waals surface area contributed by atoms with Crippen LogP contribution in [0, 0.1) is 0 Å². The van der Waals surface area contributed by atoms with Gasteiger partial charge in [-0.15, -0.1) is 12.4 Å². The van der Waals surface area contributed by atoms with Crippen LogP contribution in [0.15, 0.2) is 48.5 Å². The highest BCUT2D eigenvalue weighted by Crippen LogP contribution is 2.31. The summed E-state index contributed by atoms with van der Waals surface area (Å²) in [5.41, 5.74) is 1.99. The van der Waals surface area contributed by atoms with Gasteiger partial charge in [0, 0.05) is 6.54 Å². The topological polar surface area (TPSA) is 41.1 Å². The van der Waals surface area contributed by atoms with Gasteiger partial charge in [0.15, 0.2) is 0 Å². The van der Waals surface area contributed by atoms with Crippen LogP contribution in [-0.2, 0) is 17.4 Å². The zero-order valence-electron chi connectivity index (χ0n) is 15.3. The number of hydrogen-bond acceptors (Lipinski definition) is 2. The first-order chi connectivity index (χ1) is 12.3. The molecule has 1 amide bonds. The standard InChI is InChI=1S/C20H23F3N2O.ClH/c1-3-18(24-2)19(26)25-13-12-14-4-6-15(7-5-14)16-8-10-17(11-9-16)20(21,22)23;/h4-11,18,24H,3,12-13H2,1-2H3,(H,25,26);1H. The Bertz CT molecular complexity index is 712. The van der Waals surface area contributed by atoms with Gasteiger partial charge in [0.2, 0.25) is 5.91 Å². The summed E-state index contributed by atoms with van der Waals surface area (Å²) >= 11 is 0. The van der Waals surface area contributed by atoms with E-state index in [0.29, 0.717) is 13.0 Å². The Morgan fingerprint density at radius 1 is 1.00 bits per heavy atom. The Kier molecular flexibility index (Phi) is 8.79. The molecule has 2 aromatic carbocycles. The number of rotatable bonds is 7. The first kappa shape index (κ1) is 23.0. The lowest BCUT2D eigenvalue weighted by Crippen LogP contribution is -2.42. The molecule has 0 saturated carbocycles. The quantitative estimate of drug-likeness (QED) is 0.720. The van der Waals surface area contributed by atoms with Crippen molar-refractivity contribution in [2.24, 2.45) is 0 Å². The third kappa shape index (κ3) is 6.56. The number of benzene rings is 2. The molecule has 0 aliphatic rings. The molecule has 0 radical (unpaired) electrons. The number of carbonyl (C=O) groups excluding carboxylic acids is 1. The zero-order chi connectivity index (χ0) is 19.2. The largest absolute Gasteiger partial charge is 0.416 e. The van der Waals surface area contributed by atoms with Gasteiger partial charge in [-0.1, -0.05) is 43.3 Å². The van der Waals surface area contributed by atoms with E-state index in [1.807, 2.05) is 31.2 Å². The third-order valence-corrected chi connectivity index (χ3v) is 4.29. The minimum Gasteiger partial charge on any atom is -0.354 e. The van der Waals surface area contributed by atoms with E-state index in [9.17, 15) is 18.0 Å². The number of nitrogens with one attached hydrogen (secondary N) is 2. The minimum atomic E-state index is -4.32. The van der Waals surface area contributed by atoms with Gasteiger partial charge >= 0.3 is 6.18 Å². The van der Waals surface area contributed by atoms with E-state index in [1.165, 1.54) is 12.1 Å². The first-order valence-corrected chi connectivity index (χ1v) is 8.56. The van der Waals surface area contributed by atoms with Crippen molar-refractivity contribution < 1.29 is 18.0 Å². The summed E-state index contributed by atoms with van der Waals surface area (Å²) in [6.45, 7) is 2.48. The lowest BCUT2D eigenvalue weighted by Gasteiger charge is -2.14. The van der Waals surface area contributed by atoms with Crippen molar-refractivity contribution in [3.8, 4) is 11.1 Å². The molecule has 1 atom stereocenters. The molecule has 0 aliphatic carbocycles. The Morgan fingerprint density at radius 2 is 1.52 bits per heavy atom. The Balaban J connectivity index is 0.00000364. The monoisotopic (exact) mass is 400 g/mol. The van der Waals surface area contributed by atoms with Gasteiger partial charge in [-0.25, -0.2) is 0 Å². The van der Waals surface area contributed by atoms with Crippen LogP contribution in [0.5, 0.6) is 0 Å². The smallest absolute Gasteiger partial charge is 0.354 e. The van der Waals surface area contributed by atoms with Crippen LogP contribution in [0.1, 0.15) is 24.5 Å². The first-order valence-electron chi connectivity index (χ1n) is 8.56. The molecule has 0 heterocycles. The molecule has 0 aliphatic heterocycles. The highest BCUT2D eigenvalue weighted by atomic mass is 35.5. The van der Waals surface area contributed by atoms with Gasteiger partial charge in [-0.3, -0.25) is 4.79 Å². The Hall–Kier alpha value is -2.05. The van der Waals surface area contributed by atoms with Gasteiger partial charge in [0.1, 0.15) is 0 Å². The van der Waals surface area contributed by atoms with E-state index in [0.717, 1.165) is 35.2 Å². The lowest BCUT2D eigenvalue weighted by atomic mass is 10.0. The summed E-state index contributed by atoms with van der Waals surface area (Å²) in [6.07, 6.45) is -2.90. The van der Waals surface area contributed by atoms with Crippen LogP contribution in [-0.4, -0.2) is 25.5 Å². The Morgan fingerprint density at radius 3 is 1.96 bits per heavy atom. The SMILES string of the molecule is CCC(NC)C(=O)NCCc1ccc(-c2ccc(C(F)(F)F)cc2)cc1.Cl. The van der Waals surface area contributed by atoms with Crippen LogP contribution < -0.4 is 10.6 Å². The number of halogens is 4. The molecule has 0 fully saturated rings. The van der Waals surface area contributed by atoms with Crippen molar-refractivity contribution in [2.45, 2.75) is 32.0 Å². The fraction of sp³-hybridized carbons (Fsp3) is 0.350. The molecule has 2 rings (SSSR count). The maximum atomic E-state index is 12.6. The second-order valence-electron chi connectivity index (χ2n) is 6.06. The lowest BCUT2D eigenvalue weighted by molar-refractivity contribution is -0.137. The summed E-state index contributed by atoms with van der Waals surface area (Å²) in [4.78, 5) is 11.9. The number of alkyl halides is 3. The van der Waals surface area contributed by atoms with E-state index in [4.69, 9.17) is 0 Å². The average molecular weight is 401 g/mol. The summed E-state index contributed by atoms with van der Waals surface area (Å²) in [5, 5.41) is 5.85. The number of likely N-dealkylation sites (N-methyl/N-ethyl adjacent to an activating group) is 1. The van der Waals surface area contributed by atoms with Crippen molar-refractivity contribution in [3.05, 3.63) is 59.7 Å². The molecule has 0 spiro atoms. The van der Waals surface area contributed by atoms with Gasteiger partial charge in [-0.2, -0.15) is 13.2 Å². The number of amides is 1. The summed E-state index contributed by atoms with van der Waals surface area (Å²) in [7, 11) is 1.76. The molecule has 27 heavy (non-hydrogen) atoms. The molecule has 7 heteroatoms. The van der Waals surface area contributed by atoms with Crippen LogP contribution in [0.25, 0.3) is 11.1 Å². The van der Waals surface area contributed by atoms with Gasteiger partial charge in [0.25, 0.3) is 0 Å². The van der Waals surface area contributed by atoms with Crippen LogP contribution in [0.4, 0.5) is 13.2 Å². The fourth-order valence-electron chi connectivity index (χ4n) is 2.69. The molecule has 0 bridgehead atoms. The zero-order valence-corrected chi connectivity index (χ0v) is 16.1.